The summed E-state index contributed by atoms with van der Waals surface area (Å²) in [7, 11) is 0. The highest BCUT2D eigenvalue weighted by Gasteiger charge is 2.34. The predicted molar refractivity (Wildman–Crippen MR) is 146 cm³/mol. The number of pyridine rings is 1. The van der Waals surface area contributed by atoms with E-state index in [0.29, 0.717) is 22.5 Å². The smallest absolute Gasteiger partial charge is 0.354 e. The van der Waals surface area contributed by atoms with Gasteiger partial charge in [0.1, 0.15) is 21.5 Å². The Morgan fingerprint density at radius 2 is 1.95 bits per heavy atom. The van der Waals surface area contributed by atoms with Crippen molar-refractivity contribution in [1.82, 2.24) is 25.1 Å². The molecule has 1 aliphatic rings. The van der Waals surface area contributed by atoms with E-state index in [1.54, 1.807) is 19.9 Å². The monoisotopic (exact) mass is 583 g/mol. The summed E-state index contributed by atoms with van der Waals surface area (Å²) in [6.07, 6.45) is 0.561. The van der Waals surface area contributed by atoms with E-state index in [4.69, 9.17) is 11.6 Å². The zero-order valence-electron chi connectivity index (χ0n) is 21.7. The lowest BCUT2D eigenvalue weighted by atomic mass is 10.2. The fraction of sp³-hybridized carbons (Fsp3) is 0.400. The lowest BCUT2D eigenvalue weighted by molar-refractivity contribution is -0.137. The minimum Gasteiger partial charge on any atom is -0.354 e. The Morgan fingerprint density at radius 1 is 1.26 bits per heavy atom. The number of nitrogens with zero attached hydrogens (tertiary/aromatic N) is 5. The van der Waals surface area contributed by atoms with Gasteiger partial charge in [0.05, 0.1) is 22.8 Å². The fourth-order valence-electron chi connectivity index (χ4n) is 3.72. The van der Waals surface area contributed by atoms with Crippen LogP contribution in [0.2, 0.25) is 5.02 Å². The van der Waals surface area contributed by atoms with Gasteiger partial charge in [0.2, 0.25) is 5.91 Å². The summed E-state index contributed by atoms with van der Waals surface area (Å²) < 4.78 is 39.3. The fourth-order valence-corrected chi connectivity index (χ4v) is 4.75. The van der Waals surface area contributed by atoms with Crippen LogP contribution in [0.15, 0.2) is 47.9 Å². The van der Waals surface area contributed by atoms with Crippen molar-refractivity contribution in [3.8, 4) is 0 Å². The third kappa shape index (κ3) is 8.10. The van der Waals surface area contributed by atoms with Crippen LogP contribution in [-0.2, 0) is 11.0 Å². The molecular weight excluding hydrogens is 555 g/mol. The molecule has 3 rings (SSSR count). The van der Waals surface area contributed by atoms with Gasteiger partial charge in [-0.1, -0.05) is 25.1 Å². The summed E-state index contributed by atoms with van der Waals surface area (Å²) >= 11 is 6.57. The van der Waals surface area contributed by atoms with Crippen molar-refractivity contribution in [2.24, 2.45) is 4.99 Å². The quantitative estimate of drug-likeness (QED) is 0.264. The lowest BCUT2D eigenvalue weighted by Crippen LogP contribution is -2.48. The van der Waals surface area contributed by atoms with Crippen molar-refractivity contribution in [2.45, 2.75) is 33.0 Å². The molecule has 0 saturated carbocycles. The Hall–Kier alpha value is -3.29. The maximum Gasteiger partial charge on any atom is 0.418 e. The molecule has 2 aromatic rings. The van der Waals surface area contributed by atoms with Gasteiger partial charge in [0.25, 0.3) is 5.91 Å². The molecule has 1 aliphatic heterocycles. The zero-order chi connectivity index (χ0) is 28.7. The van der Waals surface area contributed by atoms with Crippen LogP contribution in [0.5, 0.6) is 0 Å². The molecule has 14 heteroatoms. The average Bonchev–Trinajstić information content (AvgIpc) is 3.40. The predicted octanol–water partition coefficient (Wildman–Crippen LogP) is 4.77. The van der Waals surface area contributed by atoms with Crippen LogP contribution in [0.1, 0.15) is 47.1 Å². The number of likely N-dealkylation sites (N-methyl/N-ethyl adjacent to an activating group) is 1. The third-order valence-corrected chi connectivity index (χ3v) is 7.42. The summed E-state index contributed by atoms with van der Waals surface area (Å²) in [4.78, 5) is 42.3. The maximum atomic E-state index is 13.1. The Kier molecular flexibility index (Phi) is 10.2. The number of anilines is 1. The van der Waals surface area contributed by atoms with Gasteiger partial charge in [-0.15, -0.1) is 11.3 Å². The van der Waals surface area contributed by atoms with Crippen LogP contribution in [-0.4, -0.2) is 70.1 Å². The molecule has 0 bridgehead atoms. The van der Waals surface area contributed by atoms with Crippen LogP contribution in [0, 0.1) is 0 Å². The number of amidine groups is 1. The summed E-state index contributed by atoms with van der Waals surface area (Å²) in [6.45, 7) is 13.5. The summed E-state index contributed by atoms with van der Waals surface area (Å²) in [5.74, 6) is -0.678. The summed E-state index contributed by atoms with van der Waals surface area (Å²) in [5.41, 5.74) is -0.673. The molecule has 2 aromatic heterocycles. The number of alkyl halides is 3. The zero-order valence-corrected chi connectivity index (χ0v) is 23.3. The Balaban J connectivity index is 1.64. The molecule has 1 saturated heterocycles. The van der Waals surface area contributed by atoms with E-state index in [1.807, 2.05) is 0 Å². The van der Waals surface area contributed by atoms with Crippen LogP contribution in [0.3, 0.4) is 0 Å². The number of hydrogen-bond acceptors (Lipinski definition) is 7. The number of hydrogen-bond donors (Lipinski definition) is 2. The van der Waals surface area contributed by atoms with Gasteiger partial charge in [-0.25, -0.2) is 15.0 Å². The highest BCUT2D eigenvalue weighted by Crippen LogP contribution is 2.35. The third-order valence-electron chi connectivity index (χ3n) is 5.94. The van der Waals surface area contributed by atoms with Gasteiger partial charge in [-0.05, 0) is 32.5 Å². The summed E-state index contributed by atoms with van der Waals surface area (Å²) in [5, 5.41) is 5.03. The molecule has 2 amide bonds. The molecule has 39 heavy (non-hydrogen) atoms. The van der Waals surface area contributed by atoms with Crippen molar-refractivity contribution in [3.63, 3.8) is 0 Å². The number of carbonyl (C=O) groups is 2. The lowest BCUT2D eigenvalue weighted by Gasteiger charge is -2.35. The van der Waals surface area contributed by atoms with E-state index in [2.05, 4.69) is 48.9 Å². The first-order valence-electron chi connectivity index (χ1n) is 12.1. The van der Waals surface area contributed by atoms with Gasteiger partial charge in [-0.2, -0.15) is 13.2 Å². The first kappa shape index (κ1) is 30.3. The average molecular weight is 584 g/mol. The standard InChI is InChI=1S/C25H29ClF3N7O2S/c1-5-30-21(36-9-7-35(6-2)8-10-36)11-15(3)22(37)33-16(4)24-32-14-19(39-24)23(38)34-20-12-17(25(27,28)29)18(26)13-31-20/h5,11-14,16H,1,6-10H2,2-4H3,(H,33,37)(H,31,34,38)/b15-11+,30-21+. The van der Waals surface area contributed by atoms with Crippen molar-refractivity contribution < 1.29 is 22.8 Å². The minimum atomic E-state index is -4.69. The topological polar surface area (TPSA) is 103 Å². The largest absolute Gasteiger partial charge is 0.418 e. The summed E-state index contributed by atoms with van der Waals surface area (Å²) in [6, 6.07) is 0.124. The van der Waals surface area contributed by atoms with E-state index >= 15 is 0 Å². The van der Waals surface area contributed by atoms with Gasteiger partial charge in [0.15, 0.2) is 0 Å². The highest BCUT2D eigenvalue weighted by atomic mass is 35.5. The normalized spacial score (nSPS) is 16.1. The molecule has 0 radical (unpaired) electrons. The molecule has 9 nitrogen and oxygen atoms in total. The van der Waals surface area contributed by atoms with E-state index < -0.39 is 28.7 Å². The molecule has 210 valence electrons. The van der Waals surface area contributed by atoms with Crippen molar-refractivity contribution in [2.75, 3.05) is 38.0 Å². The van der Waals surface area contributed by atoms with E-state index in [0.717, 1.165) is 50.3 Å². The second-order valence-electron chi connectivity index (χ2n) is 8.68. The van der Waals surface area contributed by atoms with Crippen molar-refractivity contribution in [3.05, 3.63) is 63.4 Å². The number of aromatic nitrogens is 2. The molecule has 1 unspecified atom stereocenters. The Labute approximate surface area is 233 Å². The molecule has 0 aliphatic carbocycles. The molecule has 2 N–H and O–H groups in total. The van der Waals surface area contributed by atoms with Gasteiger partial charge in [-0.3, -0.25) is 9.59 Å². The van der Waals surface area contributed by atoms with E-state index in [-0.39, 0.29) is 16.6 Å². The van der Waals surface area contributed by atoms with Crippen LogP contribution in [0.25, 0.3) is 0 Å². The van der Waals surface area contributed by atoms with Crippen LogP contribution in [0.4, 0.5) is 19.0 Å². The first-order chi connectivity index (χ1) is 18.4. The number of piperazine rings is 1. The number of halogens is 4. The van der Waals surface area contributed by atoms with Crippen LogP contribution < -0.4 is 10.6 Å². The maximum absolute atomic E-state index is 13.1. The van der Waals surface area contributed by atoms with Crippen LogP contribution >= 0.6 is 22.9 Å². The number of rotatable bonds is 8. The minimum absolute atomic E-state index is 0.135. The Morgan fingerprint density at radius 3 is 2.56 bits per heavy atom. The van der Waals surface area contributed by atoms with E-state index in [1.165, 1.54) is 12.4 Å². The van der Waals surface area contributed by atoms with Gasteiger partial charge in [0, 0.05) is 44.1 Å². The molecule has 0 spiro atoms. The molecule has 1 fully saturated rings. The van der Waals surface area contributed by atoms with E-state index in [9.17, 15) is 22.8 Å². The molecule has 1 atom stereocenters. The second-order valence-corrected chi connectivity index (χ2v) is 10.1. The number of aliphatic imine (C=N–C) groups is 1. The van der Waals surface area contributed by atoms with Crippen molar-refractivity contribution >= 4 is 46.4 Å². The van der Waals surface area contributed by atoms with Crippen molar-refractivity contribution in [1.29, 1.82) is 0 Å². The highest BCUT2D eigenvalue weighted by molar-refractivity contribution is 7.13. The first-order valence-corrected chi connectivity index (χ1v) is 13.3. The number of amides is 2. The molecule has 0 aromatic carbocycles. The second kappa shape index (κ2) is 13.2. The number of nitrogens with one attached hydrogen (secondary N) is 2. The van der Waals surface area contributed by atoms with Gasteiger partial charge < -0.3 is 20.4 Å². The van der Waals surface area contributed by atoms with Gasteiger partial charge >= 0.3 is 6.18 Å². The number of thiazole rings is 1. The number of carbonyl (C=O) groups excluding carboxylic acids is 2. The Bertz CT molecular complexity index is 1270. The SMILES string of the molecule is C=C/N=C(\C=C(/C)C(=O)NC(C)c1ncc(C(=O)Nc2cc(C(F)(F)F)c(Cl)cn2)s1)N1CCN(CC)CC1. The molecular formula is C25H29ClF3N7O2S. The molecule has 3 heterocycles.